The van der Waals surface area contributed by atoms with Gasteiger partial charge in [-0.15, -0.1) is 0 Å². The van der Waals surface area contributed by atoms with E-state index in [9.17, 15) is 18.0 Å². The number of halogens is 4. The van der Waals surface area contributed by atoms with Crippen LogP contribution in [-0.4, -0.2) is 16.0 Å². The smallest absolute Gasteiger partial charge is 0.360 e. The Morgan fingerprint density at radius 1 is 1.15 bits per heavy atom. The number of benzene rings is 1. The highest BCUT2D eigenvalue weighted by molar-refractivity contribution is 6.34. The first-order chi connectivity index (χ1) is 12.7. The van der Waals surface area contributed by atoms with E-state index in [-0.39, 0.29) is 16.3 Å². The van der Waals surface area contributed by atoms with Gasteiger partial charge in [-0.2, -0.15) is 13.2 Å². The molecule has 6 nitrogen and oxygen atoms in total. The molecule has 2 N–H and O–H groups in total. The molecule has 0 aliphatic heterocycles. The number of nitrogens with one attached hydrogen (secondary N) is 2. The first-order valence-electron chi connectivity index (χ1n) is 7.57. The topological polar surface area (TPSA) is 80.0 Å². The van der Waals surface area contributed by atoms with Crippen molar-refractivity contribution < 1.29 is 22.5 Å². The second kappa shape index (κ2) is 7.28. The third-order valence-electron chi connectivity index (χ3n) is 3.45. The number of pyridine rings is 1. The summed E-state index contributed by atoms with van der Waals surface area (Å²) in [6, 6.07) is 7.16. The minimum atomic E-state index is -4.55. The average molecular weight is 397 g/mol. The van der Waals surface area contributed by atoms with Gasteiger partial charge in [-0.1, -0.05) is 16.8 Å². The van der Waals surface area contributed by atoms with Gasteiger partial charge in [0, 0.05) is 17.8 Å². The SMILES string of the molecule is Cc1cc(Nc2cc(C(=O)Nc3cc(C(F)(F)F)ccc3Cl)ccn2)no1. The first kappa shape index (κ1) is 18.7. The molecule has 3 aromatic rings. The van der Waals surface area contributed by atoms with Gasteiger partial charge in [0.15, 0.2) is 5.82 Å². The Bertz CT molecular complexity index is 988. The number of aryl methyl sites for hydroxylation is 1. The standard InChI is InChI=1S/C17H12ClF3N4O2/c1-9-6-15(25-27-9)24-14-7-10(4-5-22-14)16(26)23-13-8-11(17(19,20)21)2-3-12(13)18/h2-8H,1H3,(H,23,26)(H,22,24,25). The number of rotatable bonds is 4. The zero-order valence-electron chi connectivity index (χ0n) is 13.8. The first-order valence-corrected chi connectivity index (χ1v) is 7.94. The van der Waals surface area contributed by atoms with Gasteiger partial charge in [-0.25, -0.2) is 4.98 Å². The van der Waals surface area contributed by atoms with E-state index < -0.39 is 17.6 Å². The number of hydrogen-bond acceptors (Lipinski definition) is 5. The van der Waals surface area contributed by atoms with E-state index in [4.69, 9.17) is 16.1 Å². The van der Waals surface area contributed by atoms with Gasteiger partial charge in [-0.3, -0.25) is 4.79 Å². The van der Waals surface area contributed by atoms with Crippen LogP contribution in [0.1, 0.15) is 21.7 Å². The molecule has 140 valence electrons. The highest BCUT2D eigenvalue weighted by Crippen LogP contribution is 2.34. The lowest BCUT2D eigenvalue weighted by Crippen LogP contribution is -2.14. The summed E-state index contributed by atoms with van der Waals surface area (Å²) in [4.78, 5) is 16.4. The predicted molar refractivity (Wildman–Crippen MR) is 93.2 cm³/mol. The number of carbonyl (C=O) groups excluding carboxylic acids is 1. The van der Waals surface area contributed by atoms with E-state index >= 15 is 0 Å². The Morgan fingerprint density at radius 3 is 2.59 bits per heavy atom. The lowest BCUT2D eigenvalue weighted by molar-refractivity contribution is -0.137. The van der Waals surface area contributed by atoms with Crippen molar-refractivity contribution in [3.8, 4) is 0 Å². The van der Waals surface area contributed by atoms with Gasteiger partial charge >= 0.3 is 6.18 Å². The Morgan fingerprint density at radius 2 is 1.93 bits per heavy atom. The summed E-state index contributed by atoms with van der Waals surface area (Å²) in [5.74, 6) is 0.660. The van der Waals surface area contributed by atoms with Crippen LogP contribution in [0.3, 0.4) is 0 Å². The summed E-state index contributed by atoms with van der Waals surface area (Å²) in [7, 11) is 0. The molecule has 0 aliphatic carbocycles. The van der Waals surface area contributed by atoms with Gasteiger partial charge in [0.2, 0.25) is 0 Å². The molecule has 1 aromatic carbocycles. The molecule has 2 aromatic heterocycles. The molecule has 0 radical (unpaired) electrons. The molecular weight excluding hydrogens is 385 g/mol. The number of anilines is 3. The van der Waals surface area contributed by atoms with E-state index in [0.29, 0.717) is 17.4 Å². The van der Waals surface area contributed by atoms with Crippen molar-refractivity contribution in [2.75, 3.05) is 10.6 Å². The molecule has 0 spiro atoms. The van der Waals surface area contributed by atoms with E-state index in [1.807, 2.05) is 0 Å². The minimum Gasteiger partial charge on any atom is -0.360 e. The third kappa shape index (κ3) is 4.56. The molecule has 10 heteroatoms. The molecule has 0 atom stereocenters. The number of nitrogens with zero attached hydrogens (tertiary/aromatic N) is 2. The van der Waals surface area contributed by atoms with Gasteiger partial charge in [0.25, 0.3) is 5.91 Å². The van der Waals surface area contributed by atoms with E-state index in [1.54, 1.807) is 13.0 Å². The molecule has 3 rings (SSSR count). The van der Waals surface area contributed by atoms with E-state index in [1.165, 1.54) is 18.3 Å². The van der Waals surface area contributed by atoms with Crippen LogP contribution in [0.2, 0.25) is 5.02 Å². The minimum absolute atomic E-state index is 0.0122. The lowest BCUT2D eigenvalue weighted by Gasteiger charge is -2.12. The number of aromatic nitrogens is 2. The maximum atomic E-state index is 12.8. The number of alkyl halides is 3. The summed E-state index contributed by atoms with van der Waals surface area (Å²) in [5, 5.41) is 8.96. The van der Waals surface area contributed by atoms with Crippen molar-refractivity contribution in [3.63, 3.8) is 0 Å². The molecule has 27 heavy (non-hydrogen) atoms. The predicted octanol–water partition coefficient (Wildman–Crippen LogP) is 5.05. The Hall–Kier alpha value is -3.07. The van der Waals surface area contributed by atoms with Crippen molar-refractivity contribution in [3.05, 3.63) is 64.5 Å². The zero-order chi connectivity index (χ0) is 19.6. The third-order valence-corrected chi connectivity index (χ3v) is 3.78. The van der Waals surface area contributed by atoms with Crippen LogP contribution in [0.5, 0.6) is 0 Å². The van der Waals surface area contributed by atoms with Crippen LogP contribution in [0, 0.1) is 6.92 Å². The van der Waals surface area contributed by atoms with E-state index in [2.05, 4.69) is 20.8 Å². The fourth-order valence-electron chi connectivity index (χ4n) is 2.19. The summed E-state index contributed by atoms with van der Waals surface area (Å²) < 4.78 is 43.4. The highest BCUT2D eigenvalue weighted by atomic mass is 35.5. The maximum absolute atomic E-state index is 12.8. The van der Waals surface area contributed by atoms with Crippen LogP contribution in [0.4, 0.5) is 30.5 Å². The highest BCUT2D eigenvalue weighted by Gasteiger charge is 2.31. The van der Waals surface area contributed by atoms with Crippen molar-refractivity contribution in [2.45, 2.75) is 13.1 Å². The molecule has 0 bridgehead atoms. The van der Waals surface area contributed by atoms with Crippen LogP contribution in [0.25, 0.3) is 0 Å². The Kier molecular flexibility index (Phi) is 5.04. The van der Waals surface area contributed by atoms with Crippen LogP contribution in [0.15, 0.2) is 47.1 Å². The summed E-state index contributed by atoms with van der Waals surface area (Å²) in [5.41, 5.74) is -0.892. The second-order valence-corrected chi connectivity index (χ2v) is 5.93. The van der Waals surface area contributed by atoms with Crippen LogP contribution >= 0.6 is 11.6 Å². The lowest BCUT2D eigenvalue weighted by atomic mass is 10.1. The molecule has 0 unspecified atom stereocenters. The fraction of sp³-hybridized carbons (Fsp3) is 0.118. The fourth-order valence-corrected chi connectivity index (χ4v) is 2.35. The van der Waals surface area contributed by atoms with Crippen molar-refractivity contribution in [1.29, 1.82) is 0 Å². The second-order valence-electron chi connectivity index (χ2n) is 5.52. The zero-order valence-corrected chi connectivity index (χ0v) is 14.5. The Balaban J connectivity index is 1.79. The monoisotopic (exact) mass is 396 g/mol. The largest absolute Gasteiger partial charge is 0.416 e. The van der Waals surface area contributed by atoms with Gasteiger partial charge in [0.1, 0.15) is 11.6 Å². The quantitative estimate of drug-likeness (QED) is 0.645. The van der Waals surface area contributed by atoms with Gasteiger partial charge in [-0.05, 0) is 37.3 Å². The summed E-state index contributed by atoms with van der Waals surface area (Å²) >= 11 is 5.89. The Labute approximate surface area is 156 Å². The van der Waals surface area contributed by atoms with Gasteiger partial charge in [0.05, 0.1) is 16.3 Å². The molecule has 0 saturated heterocycles. The molecule has 0 fully saturated rings. The molecule has 0 aliphatic rings. The number of carbonyl (C=O) groups is 1. The normalized spacial score (nSPS) is 11.3. The van der Waals surface area contributed by atoms with Gasteiger partial charge < -0.3 is 15.2 Å². The van der Waals surface area contributed by atoms with Crippen molar-refractivity contribution >= 4 is 34.8 Å². The van der Waals surface area contributed by atoms with Crippen molar-refractivity contribution in [1.82, 2.24) is 10.1 Å². The average Bonchev–Trinajstić information content (AvgIpc) is 3.01. The molecule has 0 saturated carbocycles. The number of hydrogen-bond donors (Lipinski definition) is 2. The van der Waals surface area contributed by atoms with E-state index in [0.717, 1.165) is 18.2 Å². The molecule has 2 heterocycles. The summed E-state index contributed by atoms with van der Waals surface area (Å²) in [6.45, 7) is 1.72. The molecular formula is C17H12ClF3N4O2. The van der Waals surface area contributed by atoms with Crippen molar-refractivity contribution in [2.24, 2.45) is 0 Å². The molecule has 1 amide bonds. The van der Waals surface area contributed by atoms with Crippen LogP contribution in [-0.2, 0) is 6.18 Å². The summed E-state index contributed by atoms with van der Waals surface area (Å²) in [6.07, 6.45) is -3.18. The maximum Gasteiger partial charge on any atom is 0.416 e. The van der Waals surface area contributed by atoms with Crippen LogP contribution < -0.4 is 10.6 Å². The number of amides is 1.